The Labute approximate surface area is 120 Å². The summed E-state index contributed by atoms with van der Waals surface area (Å²) in [6, 6.07) is 9.14. The molecule has 0 aliphatic heterocycles. The summed E-state index contributed by atoms with van der Waals surface area (Å²) in [6.07, 6.45) is 0. The predicted octanol–water partition coefficient (Wildman–Crippen LogP) is 3.93. The van der Waals surface area contributed by atoms with Crippen molar-refractivity contribution in [3.63, 3.8) is 0 Å². The van der Waals surface area contributed by atoms with Crippen LogP contribution in [0.3, 0.4) is 0 Å². The van der Waals surface area contributed by atoms with Crippen LogP contribution in [0.15, 0.2) is 47.4 Å². The van der Waals surface area contributed by atoms with Crippen LogP contribution in [0.4, 0.5) is 10.1 Å². The van der Waals surface area contributed by atoms with Crippen molar-refractivity contribution in [2.45, 2.75) is 4.90 Å². The minimum Gasteiger partial charge on any atom is -0.277 e. The van der Waals surface area contributed by atoms with E-state index >= 15 is 0 Å². The van der Waals surface area contributed by atoms with Crippen molar-refractivity contribution in [3.8, 4) is 0 Å². The lowest BCUT2D eigenvalue weighted by Crippen LogP contribution is -2.13. The van der Waals surface area contributed by atoms with Gasteiger partial charge in [0, 0.05) is 10.0 Å². The van der Waals surface area contributed by atoms with E-state index in [0.29, 0.717) is 5.02 Å². The molecule has 7 heteroatoms. The molecule has 0 aliphatic rings. The third-order valence-electron chi connectivity index (χ3n) is 2.30. The minimum absolute atomic E-state index is 0.0173. The van der Waals surface area contributed by atoms with Crippen LogP contribution in [0.5, 0.6) is 0 Å². The molecule has 0 saturated heterocycles. The summed E-state index contributed by atoms with van der Waals surface area (Å²) in [5.74, 6) is -0.707. The standard InChI is InChI=1S/C12H8Cl2FNO2S/c13-8-1-4-10(5-2-8)19(17,18)16-12-7-9(14)3-6-11(12)15/h1-7,16H. The molecule has 2 aromatic carbocycles. The maximum atomic E-state index is 13.5. The van der Waals surface area contributed by atoms with E-state index in [0.717, 1.165) is 6.07 Å². The summed E-state index contributed by atoms with van der Waals surface area (Å²) < 4.78 is 39.6. The van der Waals surface area contributed by atoms with Crippen LogP contribution in [0, 0.1) is 5.82 Å². The molecule has 1 N–H and O–H groups in total. The van der Waals surface area contributed by atoms with Gasteiger partial charge in [-0.1, -0.05) is 23.2 Å². The van der Waals surface area contributed by atoms with Gasteiger partial charge >= 0.3 is 0 Å². The first-order chi connectivity index (χ1) is 8.88. The molecule has 19 heavy (non-hydrogen) atoms. The zero-order valence-electron chi connectivity index (χ0n) is 9.40. The number of hydrogen-bond donors (Lipinski definition) is 1. The average Bonchev–Trinajstić information content (AvgIpc) is 2.34. The molecule has 0 aromatic heterocycles. The normalized spacial score (nSPS) is 11.3. The van der Waals surface area contributed by atoms with Crippen LogP contribution in [0.1, 0.15) is 0 Å². The van der Waals surface area contributed by atoms with Crippen molar-refractivity contribution < 1.29 is 12.8 Å². The molecule has 100 valence electrons. The molecule has 0 amide bonds. The maximum absolute atomic E-state index is 13.5. The Morgan fingerprint density at radius 2 is 1.53 bits per heavy atom. The molecule has 0 aliphatic carbocycles. The Bertz CT molecular complexity index is 702. The summed E-state index contributed by atoms with van der Waals surface area (Å²) in [5.41, 5.74) is -0.206. The van der Waals surface area contributed by atoms with Gasteiger partial charge in [-0.25, -0.2) is 12.8 Å². The molecule has 0 fully saturated rings. The van der Waals surface area contributed by atoms with Crippen molar-refractivity contribution in [3.05, 3.63) is 58.3 Å². The molecule has 0 spiro atoms. The molecule has 2 aromatic rings. The SMILES string of the molecule is O=S(=O)(Nc1cc(Cl)ccc1F)c1ccc(Cl)cc1. The van der Waals surface area contributed by atoms with Crippen molar-refractivity contribution in [2.24, 2.45) is 0 Å². The summed E-state index contributed by atoms with van der Waals surface area (Å²) in [5, 5.41) is 0.642. The van der Waals surface area contributed by atoms with Crippen molar-refractivity contribution in [1.29, 1.82) is 0 Å². The van der Waals surface area contributed by atoms with Crippen LogP contribution in [0.25, 0.3) is 0 Å². The smallest absolute Gasteiger partial charge is 0.261 e. The fraction of sp³-hybridized carbons (Fsp3) is 0. The van der Waals surface area contributed by atoms with Crippen molar-refractivity contribution >= 4 is 38.9 Å². The van der Waals surface area contributed by atoms with E-state index in [4.69, 9.17) is 23.2 Å². The van der Waals surface area contributed by atoms with Gasteiger partial charge in [-0.15, -0.1) is 0 Å². The van der Waals surface area contributed by atoms with Crippen LogP contribution in [0.2, 0.25) is 10.0 Å². The number of benzene rings is 2. The predicted molar refractivity (Wildman–Crippen MR) is 73.7 cm³/mol. The highest BCUT2D eigenvalue weighted by Gasteiger charge is 2.16. The topological polar surface area (TPSA) is 46.2 Å². The second-order valence-corrected chi connectivity index (χ2v) is 6.24. The van der Waals surface area contributed by atoms with Gasteiger partial charge in [0.15, 0.2) is 0 Å². The van der Waals surface area contributed by atoms with Gasteiger partial charge in [-0.05, 0) is 42.5 Å². The largest absolute Gasteiger partial charge is 0.277 e. The third kappa shape index (κ3) is 3.37. The zero-order chi connectivity index (χ0) is 14.0. The second kappa shape index (κ2) is 5.36. The van der Waals surface area contributed by atoms with Crippen LogP contribution >= 0.6 is 23.2 Å². The summed E-state index contributed by atoms with van der Waals surface area (Å²) in [6.45, 7) is 0. The Morgan fingerprint density at radius 1 is 0.947 bits per heavy atom. The van der Waals surface area contributed by atoms with E-state index in [1.54, 1.807) is 0 Å². The number of rotatable bonds is 3. The first-order valence-electron chi connectivity index (χ1n) is 5.12. The van der Waals surface area contributed by atoms with E-state index in [1.165, 1.54) is 36.4 Å². The van der Waals surface area contributed by atoms with E-state index < -0.39 is 15.8 Å². The van der Waals surface area contributed by atoms with E-state index in [2.05, 4.69) is 4.72 Å². The molecule has 0 heterocycles. The fourth-order valence-electron chi connectivity index (χ4n) is 1.39. The van der Waals surface area contributed by atoms with Gasteiger partial charge < -0.3 is 0 Å². The first-order valence-corrected chi connectivity index (χ1v) is 7.36. The van der Waals surface area contributed by atoms with Crippen LogP contribution < -0.4 is 4.72 Å². The summed E-state index contributed by atoms with van der Waals surface area (Å²) in [7, 11) is -3.88. The molecule has 0 atom stereocenters. The number of nitrogens with one attached hydrogen (secondary N) is 1. The fourth-order valence-corrected chi connectivity index (χ4v) is 2.75. The van der Waals surface area contributed by atoms with E-state index in [9.17, 15) is 12.8 Å². The highest BCUT2D eigenvalue weighted by atomic mass is 35.5. The lowest BCUT2D eigenvalue weighted by atomic mass is 10.3. The number of sulfonamides is 1. The molecule has 0 saturated carbocycles. The monoisotopic (exact) mass is 319 g/mol. The molecule has 0 bridgehead atoms. The minimum atomic E-state index is -3.88. The Hall–Kier alpha value is -1.30. The van der Waals surface area contributed by atoms with Crippen LogP contribution in [-0.2, 0) is 10.0 Å². The lowest BCUT2D eigenvalue weighted by molar-refractivity contribution is 0.598. The second-order valence-electron chi connectivity index (χ2n) is 3.68. The summed E-state index contributed by atoms with van der Waals surface area (Å²) >= 11 is 11.4. The molecular weight excluding hydrogens is 312 g/mol. The Morgan fingerprint density at radius 3 is 2.16 bits per heavy atom. The average molecular weight is 320 g/mol. The molecule has 3 nitrogen and oxygen atoms in total. The lowest BCUT2D eigenvalue weighted by Gasteiger charge is -2.09. The zero-order valence-corrected chi connectivity index (χ0v) is 11.7. The van der Waals surface area contributed by atoms with Crippen LogP contribution in [-0.4, -0.2) is 8.42 Å². The number of anilines is 1. The van der Waals surface area contributed by atoms with Gasteiger partial charge in [0.2, 0.25) is 0 Å². The van der Waals surface area contributed by atoms with Gasteiger partial charge in [0.05, 0.1) is 10.6 Å². The van der Waals surface area contributed by atoms with Crippen molar-refractivity contribution in [1.82, 2.24) is 0 Å². The van der Waals surface area contributed by atoms with Gasteiger partial charge in [-0.3, -0.25) is 4.72 Å². The van der Waals surface area contributed by atoms with E-state index in [1.807, 2.05) is 0 Å². The number of halogens is 3. The summed E-state index contributed by atoms with van der Waals surface area (Å²) in [4.78, 5) is -0.0173. The number of hydrogen-bond acceptors (Lipinski definition) is 2. The first kappa shape index (κ1) is 14.1. The van der Waals surface area contributed by atoms with Gasteiger partial charge in [-0.2, -0.15) is 0 Å². The third-order valence-corrected chi connectivity index (χ3v) is 4.17. The molecule has 0 radical (unpaired) electrons. The molecular formula is C12H8Cl2FNO2S. The highest BCUT2D eigenvalue weighted by molar-refractivity contribution is 7.92. The van der Waals surface area contributed by atoms with Crippen molar-refractivity contribution in [2.75, 3.05) is 4.72 Å². The Balaban J connectivity index is 2.36. The van der Waals surface area contributed by atoms with Gasteiger partial charge in [0.25, 0.3) is 10.0 Å². The van der Waals surface area contributed by atoms with E-state index in [-0.39, 0.29) is 15.6 Å². The molecule has 2 rings (SSSR count). The quantitative estimate of drug-likeness (QED) is 0.931. The highest BCUT2D eigenvalue weighted by Crippen LogP contribution is 2.23. The van der Waals surface area contributed by atoms with Gasteiger partial charge in [0.1, 0.15) is 5.82 Å². The maximum Gasteiger partial charge on any atom is 0.261 e. The Kier molecular flexibility index (Phi) is 3.99. The molecule has 0 unspecified atom stereocenters.